The second-order valence-electron chi connectivity index (χ2n) is 5.43. The first kappa shape index (κ1) is 16.8. The number of nitrogens with one attached hydrogen (secondary N) is 2. The van der Waals surface area contributed by atoms with Gasteiger partial charge >= 0.3 is 0 Å². The van der Waals surface area contributed by atoms with Gasteiger partial charge in [0.2, 0.25) is 0 Å². The fourth-order valence-electron chi connectivity index (χ4n) is 2.47. The summed E-state index contributed by atoms with van der Waals surface area (Å²) in [6.07, 6.45) is 0.965. The van der Waals surface area contributed by atoms with Crippen LogP contribution in [0.1, 0.15) is 36.1 Å². The van der Waals surface area contributed by atoms with E-state index >= 15 is 0 Å². The van der Waals surface area contributed by atoms with Crippen molar-refractivity contribution in [3.8, 4) is 0 Å². The molecule has 0 aliphatic rings. The van der Waals surface area contributed by atoms with Crippen molar-refractivity contribution in [2.24, 2.45) is 0 Å². The number of benzene rings is 2. The fraction of sp³-hybridized carbons (Fsp3) is 0.278. The van der Waals surface area contributed by atoms with Crippen LogP contribution in [0.2, 0.25) is 5.02 Å². The summed E-state index contributed by atoms with van der Waals surface area (Å²) >= 11 is 11.3. The zero-order chi connectivity index (χ0) is 16.1. The average molecular weight is 333 g/mol. The lowest BCUT2D eigenvalue weighted by molar-refractivity contribution is 0.625. The van der Waals surface area contributed by atoms with Crippen LogP contribution in [0.5, 0.6) is 0 Å². The Labute approximate surface area is 142 Å². The van der Waals surface area contributed by atoms with Crippen LogP contribution in [-0.4, -0.2) is 5.11 Å². The number of thiocarbonyl (C=S) groups is 1. The summed E-state index contributed by atoms with van der Waals surface area (Å²) in [5, 5.41) is 7.92. The van der Waals surface area contributed by atoms with Gasteiger partial charge in [-0.25, -0.2) is 0 Å². The minimum atomic E-state index is 0.202. The van der Waals surface area contributed by atoms with Gasteiger partial charge in [0.1, 0.15) is 0 Å². The molecule has 0 aromatic heterocycles. The lowest BCUT2D eigenvalue weighted by Crippen LogP contribution is -2.32. The molecule has 2 aromatic rings. The normalized spacial score (nSPS) is 11.8. The molecule has 0 unspecified atom stereocenters. The second kappa shape index (κ2) is 7.61. The van der Waals surface area contributed by atoms with E-state index in [9.17, 15) is 0 Å². The minimum Gasteiger partial charge on any atom is -0.356 e. The first-order valence-electron chi connectivity index (χ1n) is 7.40. The van der Waals surface area contributed by atoms with E-state index in [-0.39, 0.29) is 6.04 Å². The van der Waals surface area contributed by atoms with Gasteiger partial charge in [-0.05, 0) is 67.9 Å². The Kier molecular flexibility index (Phi) is 5.81. The van der Waals surface area contributed by atoms with Crippen LogP contribution in [0.15, 0.2) is 42.5 Å². The van der Waals surface area contributed by atoms with Gasteiger partial charge in [0.25, 0.3) is 0 Å². The molecule has 0 amide bonds. The molecule has 0 saturated carbocycles. The van der Waals surface area contributed by atoms with Crippen molar-refractivity contribution in [3.63, 3.8) is 0 Å². The van der Waals surface area contributed by atoms with Gasteiger partial charge in [-0.1, -0.05) is 42.3 Å². The SMILES string of the molecule is CC[C@@H](NC(=S)Nc1ccc(Cl)cc1)c1ccc(C)cc1C. The van der Waals surface area contributed by atoms with Crippen molar-refractivity contribution in [2.45, 2.75) is 33.2 Å². The van der Waals surface area contributed by atoms with Crippen molar-refractivity contribution in [1.82, 2.24) is 5.32 Å². The van der Waals surface area contributed by atoms with Crippen LogP contribution < -0.4 is 10.6 Å². The first-order chi connectivity index (χ1) is 10.5. The van der Waals surface area contributed by atoms with Gasteiger partial charge in [-0.15, -0.1) is 0 Å². The molecular weight excluding hydrogens is 312 g/mol. The van der Waals surface area contributed by atoms with Crippen molar-refractivity contribution >= 4 is 34.6 Å². The molecule has 1 atom stereocenters. The fourth-order valence-corrected chi connectivity index (χ4v) is 2.86. The quantitative estimate of drug-likeness (QED) is 0.733. The molecule has 2 N–H and O–H groups in total. The van der Waals surface area contributed by atoms with Gasteiger partial charge in [0.05, 0.1) is 6.04 Å². The molecule has 22 heavy (non-hydrogen) atoms. The minimum absolute atomic E-state index is 0.202. The van der Waals surface area contributed by atoms with E-state index in [4.69, 9.17) is 23.8 Å². The topological polar surface area (TPSA) is 24.1 Å². The summed E-state index contributed by atoms with van der Waals surface area (Å²) in [4.78, 5) is 0. The molecule has 4 heteroatoms. The molecule has 0 aliphatic heterocycles. The number of anilines is 1. The van der Waals surface area contributed by atoms with E-state index in [0.717, 1.165) is 12.1 Å². The molecule has 0 aliphatic carbocycles. The zero-order valence-electron chi connectivity index (χ0n) is 13.1. The third-order valence-electron chi connectivity index (χ3n) is 3.62. The molecule has 0 radical (unpaired) electrons. The van der Waals surface area contributed by atoms with E-state index in [1.165, 1.54) is 16.7 Å². The van der Waals surface area contributed by atoms with Crippen molar-refractivity contribution in [2.75, 3.05) is 5.32 Å². The molecule has 0 heterocycles. The maximum Gasteiger partial charge on any atom is 0.171 e. The summed E-state index contributed by atoms with van der Waals surface area (Å²) in [6, 6.07) is 14.2. The Hall–Kier alpha value is -1.58. The Morgan fingerprint density at radius 1 is 1.14 bits per heavy atom. The summed E-state index contributed by atoms with van der Waals surface area (Å²) in [7, 11) is 0. The highest BCUT2D eigenvalue weighted by Gasteiger charge is 2.13. The number of halogens is 1. The maximum atomic E-state index is 5.89. The number of rotatable bonds is 4. The van der Waals surface area contributed by atoms with Gasteiger partial charge in [-0.3, -0.25) is 0 Å². The Balaban J connectivity index is 2.06. The predicted octanol–water partition coefficient (Wildman–Crippen LogP) is 5.39. The average Bonchev–Trinajstić information content (AvgIpc) is 2.48. The Morgan fingerprint density at radius 2 is 1.82 bits per heavy atom. The van der Waals surface area contributed by atoms with Crippen LogP contribution in [-0.2, 0) is 0 Å². The standard InChI is InChI=1S/C18H21ClN2S/c1-4-17(16-10-5-12(2)11-13(16)3)21-18(22)20-15-8-6-14(19)7-9-15/h5-11,17H,4H2,1-3H3,(H2,20,21,22)/t17-/m1/s1. The molecule has 2 aromatic carbocycles. The van der Waals surface area contributed by atoms with Gasteiger partial charge in [-0.2, -0.15) is 0 Å². The third kappa shape index (κ3) is 4.46. The summed E-state index contributed by atoms with van der Waals surface area (Å²) in [5.74, 6) is 0. The lowest BCUT2D eigenvalue weighted by atomic mass is 9.98. The van der Waals surface area contributed by atoms with Crippen molar-refractivity contribution in [1.29, 1.82) is 0 Å². The highest BCUT2D eigenvalue weighted by molar-refractivity contribution is 7.80. The number of hydrogen-bond donors (Lipinski definition) is 2. The lowest BCUT2D eigenvalue weighted by Gasteiger charge is -2.22. The van der Waals surface area contributed by atoms with E-state index in [1.54, 1.807) is 0 Å². The van der Waals surface area contributed by atoms with E-state index in [0.29, 0.717) is 10.1 Å². The monoisotopic (exact) mass is 332 g/mol. The summed E-state index contributed by atoms with van der Waals surface area (Å²) < 4.78 is 0. The summed E-state index contributed by atoms with van der Waals surface area (Å²) in [6.45, 7) is 6.40. The van der Waals surface area contributed by atoms with Gasteiger partial charge in [0, 0.05) is 10.7 Å². The molecule has 0 fully saturated rings. The Bertz CT molecular complexity index is 653. The molecule has 0 bridgehead atoms. The maximum absolute atomic E-state index is 5.89. The van der Waals surface area contributed by atoms with Crippen LogP contribution in [0.4, 0.5) is 5.69 Å². The second-order valence-corrected chi connectivity index (χ2v) is 6.27. The first-order valence-corrected chi connectivity index (χ1v) is 8.18. The molecule has 116 valence electrons. The van der Waals surface area contributed by atoms with Crippen LogP contribution in [0, 0.1) is 13.8 Å². The smallest absolute Gasteiger partial charge is 0.171 e. The van der Waals surface area contributed by atoms with Crippen molar-refractivity contribution in [3.05, 3.63) is 64.2 Å². The summed E-state index contributed by atoms with van der Waals surface area (Å²) in [5.41, 5.74) is 4.78. The predicted molar refractivity (Wildman–Crippen MR) is 99.8 cm³/mol. The van der Waals surface area contributed by atoms with Crippen LogP contribution in [0.25, 0.3) is 0 Å². The zero-order valence-corrected chi connectivity index (χ0v) is 14.7. The highest BCUT2D eigenvalue weighted by Crippen LogP contribution is 2.22. The van der Waals surface area contributed by atoms with E-state index in [2.05, 4.69) is 49.6 Å². The van der Waals surface area contributed by atoms with E-state index in [1.807, 2.05) is 24.3 Å². The van der Waals surface area contributed by atoms with Crippen molar-refractivity contribution < 1.29 is 0 Å². The molecule has 0 spiro atoms. The van der Waals surface area contributed by atoms with Gasteiger partial charge in [0.15, 0.2) is 5.11 Å². The highest BCUT2D eigenvalue weighted by atomic mass is 35.5. The largest absolute Gasteiger partial charge is 0.356 e. The molecule has 0 saturated heterocycles. The van der Waals surface area contributed by atoms with Crippen LogP contribution >= 0.6 is 23.8 Å². The van der Waals surface area contributed by atoms with Crippen LogP contribution in [0.3, 0.4) is 0 Å². The number of aryl methyl sites for hydroxylation is 2. The number of hydrogen-bond acceptors (Lipinski definition) is 1. The third-order valence-corrected chi connectivity index (χ3v) is 4.09. The Morgan fingerprint density at radius 3 is 2.41 bits per heavy atom. The molecular formula is C18H21ClN2S. The molecule has 2 nitrogen and oxygen atoms in total. The molecule has 2 rings (SSSR count). The van der Waals surface area contributed by atoms with Gasteiger partial charge < -0.3 is 10.6 Å². The van der Waals surface area contributed by atoms with E-state index < -0.39 is 0 Å².